The van der Waals surface area contributed by atoms with Gasteiger partial charge in [-0.15, -0.1) is 11.3 Å². The Morgan fingerprint density at radius 2 is 2.19 bits per heavy atom. The average molecular weight is 368 g/mol. The van der Waals surface area contributed by atoms with E-state index < -0.39 is 0 Å². The molecule has 2 atom stereocenters. The lowest BCUT2D eigenvalue weighted by Gasteiger charge is -2.17. The fraction of sp³-hybridized carbons (Fsp3) is 0.429. The maximum atomic E-state index is 12.7. The summed E-state index contributed by atoms with van der Waals surface area (Å²) in [4.78, 5) is 22.8. The maximum absolute atomic E-state index is 12.7. The Morgan fingerprint density at radius 1 is 1.38 bits per heavy atom. The minimum absolute atomic E-state index is 0.00948. The van der Waals surface area contributed by atoms with Crippen molar-refractivity contribution < 1.29 is 0 Å². The molecule has 0 amide bonds. The third-order valence-corrected chi connectivity index (χ3v) is 6.60. The summed E-state index contributed by atoms with van der Waals surface area (Å²) in [6.07, 6.45) is 3.24. The first-order valence-electron chi connectivity index (χ1n) is 9.35. The van der Waals surface area contributed by atoms with E-state index in [-0.39, 0.29) is 11.6 Å². The van der Waals surface area contributed by atoms with E-state index in [1.54, 1.807) is 11.3 Å². The molecule has 136 valence electrons. The van der Waals surface area contributed by atoms with E-state index >= 15 is 0 Å². The molecular formula is C21H25N3OS. The summed E-state index contributed by atoms with van der Waals surface area (Å²) in [5.41, 5.74) is 3.79. The monoisotopic (exact) mass is 367 g/mol. The molecule has 0 saturated heterocycles. The van der Waals surface area contributed by atoms with Gasteiger partial charge in [0.15, 0.2) is 0 Å². The normalized spacial score (nSPS) is 18.0. The van der Waals surface area contributed by atoms with E-state index in [1.807, 2.05) is 0 Å². The maximum Gasteiger partial charge on any atom is 0.259 e. The Morgan fingerprint density at radius 3 is 3.00 bits per heavy atom. The number of nitrogens with one attached hydrogen (secondary N) is 2. The zero-order chi connectivity index (χ0) is 18.3. The van der Waals surface area contributed by atoms with Gasteiger partial charge >= 0.3 is 0 Å². The highest BCUT2D eigenvalue weighted by molar-refractivity contribution is 7.18. The fourth-order valence-electron chi connectivity index (χ4n) is 3.74. The molecule has 2 heterocycles. The smallest absolute Gasteiger partial charge is 0.259 e. The number of hydrogen-bond donors (Lipinski definition) is 2. The number of nitrogens with zero attached hydrogens (tertiary/aromatic N) is 1. The minimum Gasteiger partial charge on any atom is -0.309 e. The first kappa shape index (κ1) is 17.4. The highest BCUT2D eigenvalue weighted by atomic mass is 32.1. The first-order valence-corrected chi connectivity index (χ1v) is 10.2. The molecule has 3 aromatic rings. The van der Waals surface area contributed by atoms with Gasteiger partial charge in [-0.3, -0.25) is 4.79 Å². The molecule has 5 heteroatoms. The number of benzene rings is 1. The zero-order valence-corrected chi connectivity index (χ0v) is 16.4. The molecular weight excluding hydrogens is 342 g/mol. The number of thiophene rings is 1. The summed E-state index contributed by atoms with van der Waals surface area (Å²) < 4.78 is 0. The van der Waals surface area contributed by atoms with Gasteiger partial charge in [0.1, 0.15) is 10.7 Å². The zero-order valence-electron chi connectivity index (χ0n) is 15.6. The third kappa shape index (κ3) is 3.21. The Balaban J connectivity index is 1.61. The molecule has 0 spiro atoms. The number of H-pyrrole nitrogens is 1. The molecule has 2 aromatic heterocycles. The van der Waals surface area contributed by atoms with Gasteiger partial charge in [-0.2, -0.15) is 0 Å². The van der Waals surface area contributed by atoms with Crippen LogP contribution in [0.5, 0.6) is 0 Å². The summed E-state index contributed by atoms with van der Waals surface area (Å²) in [5, 5.41) is 4.31. The Kier molecular flexibility index (Phi) is 4.67. The number of aromatic amines is 1. The Labute approximate surface area is 157 Å². The fourth-order valence-corrected chi connectivity index (χ4v) is 5.13. The molecule has 0 unspecified atom stereocenters. The molecule has 26 heavy (non-hydrogen) atoms. The van der Waals surface area contributed by atoms with E-state index in [9.17, 15) is 4.79 Å². The van der Waals surface area contributed by atoms with Crippen LogP contribution in [0, 0.1) is 12.8 Å². The number of rotatable bonds is 4. The lowest BCUT2D eigenvalue weighted by Crippen LogP contribution is -2.24. The van der Waals surface area contributed by atoms with Gasteiger partial charge in [0.25, 0.3) is 5.56 Å². The number of hydrogen-bond acceptors (Lipinski definition) is 4. The van der Waals surface area contributed by atoms with Crippen molar-refractivity contribution in [1.29, 1.82) is 0 Å². The van der Waals surface area contributed by atoms with Gasteiger partial charge in [-0.05, 0) is 55.7 Å². The Hall–Kier alpha value is -1.98. The van der Waals surface area contributed by atoms with Gasteiger partial charge in [0, 0.05) is 11.4 Å². The second-order valence-corrected chi connectivity index (χ2v) is 8.60. The van der Waals surface area contributed by atoms with Crippen LogP contribution in [0.25, 0.3) is 10.2 Å². The quantitative estimate of drug-likeness (QED) is 0.724. The Bertz CT molecular complexity index is 1000. The molecule has 0 radical (unpaired) electrons. The molecule has 4 nitrogen and oxygen atoms in total. The van der Waals surface area contributed by atoms with Crippen LogP contribution < -0.4 is 10.9 Å². The summed E-state index contributed by atoms with van der Waals surface area (Å²) >= 11 is 1.71. The van der Waals surface area contributed by atoms with Gasteiger partial charge in [-0.1, -0.05) is 31.2 Å². The van der Waals surface area contributed by atoms with Crippen LogP contribution in [-0.2, 0) is 19.4 Å². The molecule has 0 aliphatic heterocycles. The molecule has 4 rings (SSSR count). The van der Waals surface area contributed by atoms with Gasteiger partial charge in [0.2, 0.25) is 0 Å². The lowest BCUT2D eigenvalue weighted by molar-refractivity contribution is 0.509. The number of aromatic nitrogens is 2. The van der Waals surface area contributed by atoms with Crippen molar-refractivity contribution in [3.8, 4) is 0 Å². The van der Waals surface area contributed by atoms with Gasteiger partial charge < -0.3 is 10.3 Å². The predicted octanol–water partition coefficient (Wildman–Crippen LogP) is 4.27. The molecule has 0 bridgehead atoms. The van der Waals surface area contributed by atoms with Gasteiger partial charge in [0.05, 0.1) is 11.4 Å². The largest absolute Gasteiger partial charge is 0.309 e. The van der Waals surface area contributed by atoms with E-state index in [4.69, 9.17) is 4.98 Å². The topological polar surface area (TPSA) is 57.8 Å². The van der Waals surface area contributed by atoms with E-state index in [0.717, 1.165) is 41.8 Å². The second-order valence-electron chi connectivity index (χ2n) is 7.51. The highest BCUT2D eigenvalue weighted by Gasteiger charge is 2.23. The van der Waals surface area contributed by atoms with Crippen LogP contribution in [0.2, 0.25) is 0 Å². The summed E-state index contributed by atoms with van der Waals surface area (Å²) in [6.45, 7) is 7.21. The minimum atomic E-state index is -0.00948. The molecule has 1 aliphatic rings. The third-order valence-electron chi connectivity index (χ3n) is 5.45. The number of fused-ring (bicyclic) bond motifs is 3. The summed E-state index contributed by atoms with van der Waals surface area (Å²) in [7, 11) is 0. The molecule has 1 aliphatic carbocycles. The molecule has 0 fully saturated rings. The summed E-state index contributed by atoms with van der Waals surface area (Å²) in [6, 6.07) is 8.34. The van der Waals surface area contributed by atoms with Crippen molar-refractivity contribution in [3.05, 3.63) is 62.0 Å². The van der Waals surface area contributed by atoms with Crippen LogP contribution in [-0.4, -0.2) is 9.97 Å². The standard InChI is InChI=1S/C21H25N3OS/c1-12-8-9-16-17(10-12)26-21-18(16)20(25)23-19(24-21)14(3)22-11-15-7-5-4-6-13(15)2/h4-7,12,14,22H,8-11H2,1-3H3,(H,23,24,25)/t12-,14-/m1/s1. The first-order chi connectivity index (χ1) is 12.5. The molecule has 0 saturated carbocycles. The lowest BCUT2D eigenvalue weighted by atomic mass is 9.89. The van der Waals surface area contributed by atoms with E-state index in [1.165, 1.54) is 21.6 Å². The van der Waals surface area contributed by atoms with Crippen molar-refractivity contribution in [2.75, 3.05) is 0 Å². The van der Waals surface area contributed by atoms with Crippen molar-refractivity contribution in [2.24, 2.45) is 5.92 Å². The van der Waals surface area contributed by atoms with Crippen LogP contribution >= 0.6 is 11.3 Å². The van der Waals surface area contributed by atoms with Crippen LogP contribution in [0.3, 0.4) is 0 Å². The van der Waals surface area contributed by atoms with Crippen molar-refractivity contribution in [1.82, 2.24) is 15.3 Å². The summed E-state index contributed by atoms with van der Waals surface area (Å²) in [5.74, 6) is 1.42. The van der Waals surface area contributed by atoms with Crippen LogP contribution in [0.1, 0.15) is 53.7 Å². The second kappa shape index (κ2) is 6.97. The number of aryl methyl sites for hydroxylation is 2. The highest BCUT2D eigenvalue weighted by Crippen LogP contribution is 2.35. The van der Waals surface area contributed by atoms with Crippen LogP contribution in [0.15, 0.2) is 29.1 Å². The SMILES string of the molecule is Cc1ccccc1CN[C@H](C)c1nc2sc3c(c2c(=O)[nH]1)CC[C@@H](C)C3. The van der Waals surface area contributed by atoms with Crippen molar-refractivity contribution in [3.63, 3.8) is 0 Å². The molecule has 1 aromatic carbocycles. The van der Waals surface area contributed by atoms with E-state index in [0.29, 0.717) is 5.92 Å². The van der Waals surface area contributed by atoms with Crippen LogP contribution in [0.4, 0.5) is 0 Å². The van der Waals surface area contributed by atoms with Crippen molar-refractivity contribution in [2.45, 2.75) is 52.6 Å². The predicted molar refractivity (Wildman–Crippen MR) is 108 cm³/mol. The molecule has 2 N–H and O–H groups in total. The van der Waals surface area contributed by atoms with Gasteiger partial charge in [-0.25, -0.2) is 4.98 Å². The van der Waals surface area contributed by atoms with Crippen molar-refractivity contribution >= 4 is 21.6 Å². The average Bonchev–Trinajstić information content (AvgIpc) is 2.98. The van der Waals surface area contributed by atoms with E-state index in [2.05, 4.69) is 55.3 Å².